The minimum Gasteiger partial charge on any atom is -0.478 e. The molecule has 7 heteroatoms. The number of carbonyl (C=O) groups excluding carboxylic acids is 2. The first kappa shape index (κ1) is 28.4. The van der Waals surface area contributed by atoms with Crippen LogP contribution in [0, 0.1) is 5.41 Å². The van der Waals surface area contributed by atoms with Crippen LogP contribution in [0.5, 0.6) is 0 Å². The van der Waals surface area contributed by atoms with E-state index in [4.69, 9.17) is 0 Å². The summed E-state index contributed by atoms with van der Waals surface area (Å²) in [5.74, 6) is -1.54. The average Bonchev–Trinajstić information content (AvgIpc) is 2.74. The number of aliphatic carboxylic acids is 1. The number of nitrogens with zero attached hydrogens (tertiary/aromatic N) is 1. The third-order valence-electron chi connectivity index (χ3n) is 6.23. The number of carboxylic acids is 1. The smallest absolute Gasteiger partial charge is 0.331 e. The molecule has 1 aromatic rings. The molecule has 1 aromatic carbocycles. The Morgan fingerprint density at radius 2 is 1.61 bits per heavy atom. The van der Waals surface area contributed by atoms with E-state index in [1.54, 1.807) is 20.2 Å². The van der Waals surface area contributed by atoms with Crippen LogP contribution in [0.25, 0.3) is 0 Å². The summed E-state index contributed by atoms with van der Waals surface area (Å²) in [5.41, 5.74) is 0.110. The zero-order valence-corrected chi connectivity index (χ0v) is 21.5. The normalized spacial score (nSPS) is 15.4. The van der Waals surface area contributed by atoms with Crippen LogP contribution in [0.4, 0.5) is 0 Å². The van der Waals surface area contributed by atoms with Crippen molar-refractivity contribution < 1.29 is 19.5 Å². The van der Waals surface area contributed by atoms with Crippen LogP contribution < -0.4 is 10.6 Å². The van der Waals surface area contributed by atoms with Gasteiger partial charge >= 0.3 is 5.97 Å². The molecule has 0 heterocycles. The second kappa shape index (κ2) is 11.5. The van der Waals surface area contributed by atoms with Crippen molar-refractivity contribution in [1.29, 1.82) is 0 Å². The lowest BCUT2D eigenvalue weighted by molar-refractivity contribution is -0.140. The van der Waals surface area contributed by atoms with Crippen LogP contribution in [0.3, 0.4) is 0 Å². The van der Waals surface area contributed by atoms with E-state index in [-0.39, 0.29) is 17.4 Å². The molecular weight excluding hydrogens is 418 g/mol. The third kappa shape index (κ3) is 7.16. The van der Waals surface area contributed by atoms with E-state index < -0.39 is 34.9 Å². The fraction of sp³-hybridized carbons (Fsp3) is 0.577. The van der Waals surface area contributed by atoms with Gasteiger partial charge in [0.1, 0.15) is 6.04 Å². The molecule has 2 amide bonds. The van der Waals surface area contributed by atoms with Gasteiger partial charge < -0.3 is 20.6 Å². The molecule has 0 bridgehead atoms. The van der Waals surface area contributed by atoms with E-state index in [2.05, 4.69) is 10.6 Å². The average molecular weight is 460 g/mol. The maximum Gasteiger partial charge on any atom is 0.331 e. The van der Waals surface area contributed by atoms with Crippen molar-refractivity contribution in [2.45, 2.75) is 78.4 Å². The molecule has 0 saturated heterocycles. The van der Waals surface area contributed by atoms with Gasteiger partial charge in [-0.3, -0.25) is 9.59 Å². The minimum atomic E-state index is -1.02. The quantitative estimate of drug-likeness (QED) is 0.466. The Morgan fingerprint density at radius 3 is 2.03 bits per heavy atom. The largest absolute Gasteiger partial charge is 0.478 e. The molecule has 0 spiro atoms. The molecule has 0 aliphatic carbocycles. The number of nitrogens with one attached hydrogen (secondary N) is 2. The topological polar surface area (TPSA) is 98.7 Å². The molecule has 1 rings (SSSR count). The second-order valence-electron chi connectivity index (χ2n) is 10.2. The third-order valence-corrected chi connectivity index (χ3v) is 6.23. The number of amides is 2. The highest BCUT2D eigenvalue weighted by Crippen LogP contribution is 2.28. The Balaban J connectivity index is 3.23. The summed E-state index contributed by atoms with van der Waals surface area (Å²) in [6.07, 6.45) is 2.13. The van der Waals surface area contributed by atoms with Crippen molar-refractivity contribution in [1.82, 2.24) is 15.5 Å². The molecule has 0 aliphatic rings. The van der Waals surface area contributed by atoms with Gasteiger partial charge in [-0.2, -0.15) is 0 Å². The van der Waals surface area contributed by atoms with E-state index in [1.165, 1.54) is 11.8 Å². The maximum atomic E-state index is 13.5. The number of hydrogen-bond acceptors (Lipinski definition) is 4. The molecule has 3 atom stereocenters. The lowest BCUT2D eigenvalue weighted by Gasteiger charge is -2.39. The number of carbonyl (C=O) groups is 3. The van der Waals surface area contributed by atoms with Gasteiger partial charge in [0.2, 0.25) is 11.8 Å². The van der Waals surface area contributed by atoms with Gasteiger partial charge in [-0.25, -0.2) is 4.79 Å². The standard InChI is InChI=1S/C26H41N3O4/c1-10-19(16-17(2)24(32)33)29(9)23(31)21(25(3,4)5)28-22(30)20(27-8)26(6,7)18-14-12-11-13-15-18/h11-16,19-21,27H,10H2,1-9H3,(H,28,30)(H,32,33)/b17-16+/t19-,20+,21+/m0/s1. The fourth-order valence-electron chi connectivity index (χ4n) is 3.96. The Hall–Kier alpha value is -2.67. The van der Waals surface area contributed by atoms with E-state index in [0.717, 1.165) is 5.56 Å². The highest BCUT2D eigenvalue weighted by molar-refractivity contribution is 5.91. The Labute approximate surface area is 198 Å². The Kier molecular flexibility index (Phi) is 9.85. The molecular formula is C26H41N3O4. The van der Waals surface area contributed by atoms with Gasteiger partial charge in [0.05, 0.1) is 12.1 Å². The van der Waals surface area contributed by atoms with Gasteiger partial charge in [0.15, 0.2) is 0 Å². The zero-order valence-electron chi connectivity index (χ0n) is 21.5. The van der Waals surface area contributed by atoms with Crippen LogP contribution in [-0.4, -0.2) is 60.0 Å². The van der Waals surface area contributed by atoms with E-state index in [1.807, 2.05) is 71.9 Å². The summed E-state index contributed by atoms with van der Waals surface area (Å²) in [6, 6.07) is 8.04. The number of likely N-dealkylation sites (N-methyl/N-ethyl adjacent to an activating group) is 2. The molecule has 0 saturated carbocycles. The van der Waals surface area contributed by atoms with Crippen molar-refractivity contribution in [3.05, 3.63) is 47.5 Å². The lowest BCUT2D eigenvalue weighted by atomic mass is 9.76. The number of hydrogen-bond donors (Lipinski definition) is 3. The van der Waals surface area contributed by atoms with Crippen molar-refractivity contribution in [2.24, 2.45) is 5.41 Å². The predicted molar refractivity (Wildman–Crippen MR) is 132 cm³/mol. The van der Waals surface area contributed by atoms with Crippen molar-refractivity contribution >= 4 is 17.8 Å². The molecule has 0 aliphatic heterocycles. The molecule has 0 unspecified atom stereocenters. The van der Waals surface area contributed by atoms with E-state index in [9.17, 15) is 19.5 Å². The first-order valence-electron chi connectivity index (χ1n) is 11.4. The van der Waals surface area contributed by atoms with Crippen LogP contribution in [0.1, 0.15) is 60.5 Å². The van der Waals surface area contributed by atoms with Crippen LogP contribution in [-0.2, 0) is 19.8 Å². The second-order valence-corrected chi connectivity index (χ2v) is 10.2. The summed E-state index contributed by atoms with van der Waals surface area (Å²) >= 11 is 0. The Bertz CT molecular complexity index is 856. The van der Waals surface area contributed by atoms with Crippen molar-refractivity contribution in [3.8, 4) is 0 Å². The van der Waals surface area contributed by atoms with Gasteiger partial charge in [0.25, 0.3) is 0 Å². The molecule has 0 fully saturated rings. The number of rotatable bonds is 10. The molecule has 33 heavy (non-hydrogen) atoms. The molecule has 7 nitrogen and oxygen atoms in total. The summed E-state index contributed by atoms with van der Waals surface area (Å²) in [5, 5.41) is 15.3. The monoisotopic (exact) mass is 459 g/mol. The Morgan fingerprint density at radius 1 is 1.06 bits per heavy atom. The van der Waals surface area contributed by atoms with Gasteiger partial charge in [-0.1, -0.05) is 78.0 Å². The molecule has 184 valence electrons. The maximum absolute atomic E-state index is 13.5. The van der Waals surface area contributed by atoms with Gasteiger partial charge in [-0.05, 0) is 31.4 Å². The predicted octanol–water partition coefficient (Wildman–Crippen LogP) is 3.35. The summed E-state index contributed by atoms with van der Waals surface area (Å²) in [6.45, 7) is 13.1. The number of benzene rings is 1. The van der Waals surface area contributed by atoms with Crippen LogP contribution in [0.15, 0.2) is 42.0 Å². The first-order chi connectivity index (χ1) is 15.2. The molecule has 3 N–H and O–H groups in total. The lowest BCUT2D eigenvalue weighted by Crippen LogP contribution is -2.61. The zero-order chi connectivity index (χ0) is 25.6. The molecule has 0 radical (unpaired) electrons. The van der Waals surface area contributed by atoms with Crippen molar-refractivity contribution in [3.63, 3.8) is 0 Å². The van der Waals surface area contributed by atoms with Crippen molar-refractivity contribution in [2.75, 3.05) is 14.1 Å². The summed E-state index contributed by atoms with van der Waals surface area (Å²) in [4.78, 5) is 39.8. The summed E-state index contributed by atoms with van der Waals surface area (Å²) in [7, 11) is 3.39. The highest BCUT2D eigenvalue weighted by atomic mass is 16.4. The van der Waals surface area contributed by atoms with Gasteiger partial charge in [-0.15, -0.1) is 0 Å². The fourth-order valence-corrected chi connectivity index (χ4v) is 3.96. The van der Waals surface area contributed by atoms with E-state index in [0.29, 0.717) is 6.42 Å². The molecule has 0 aromatic heterocycles. The summed E-state index contributed by atoms with van der Waals surface area (Å²) < 4.78 is 0. The van der Waals surface area contributed by atoms with Gasteiger partial charge in [0, 0.05) is 18.0 Å². The van der Waals surface area contributed by atoms with Crippen LogP contribution >= 0.6 is 0 Å². The number of carboxylic acid groups (broad SMARTS) is 1. The SMILES string of the molecule is CC[C@@H](/C=C(\C)C(=O)O)N(C)C(=O)[C@@H](NC(=O)[C@@H](NC)C(C)(C)c1ccccc1)C(C)(C)C. The van der Waals surface area contributed by atoms with Crippen LogP contribution in [0.2, 0.25) is 0 Å². The van der Waals surface area contributed by atoms with E-state index >= 15 is 0 Å². The highest BCUT2D eigenvalue weighted by Gasteiger charge is 2.41. The first-order valence-corrected chi connectivity index (χ1v) is 11.4. The minimum absolute atomic E-state index is 0.178.